The van der Waals surface area contributed by atoms with E-state index in [0.717, 1.165) is 16.5 Å². The molecule has 0 spiro atoms. The number of alkyl halides is 1. The molecule has 5 heteroatoms. The van der Waals surface area contributed by atoms with Crippen LogP contribution in [0, 0.1) is 0 Å². The average Bonchev–Trinajstić information content (AvgIpc) is 2.58. The van der Waals surface area contributed by atoms with Crippen LogP contribution >= 0.6 is 11.6 Å². The molecule has 0 saturated carbocycles. The lowest BCUT2D eigenvalue weighted by Gasteiger charge is -2.01. The molecule has 1 heterocycles. The smallest absolute Gasteiger partial charge is 0.354 e. The third-order valence-electron chi connectivity index (χ3n) is 2.53. The molecule has 4 nitrogen and oxygen atoms in total. The third-order valence-corrected chi connectivity index (χ3v) is 2.72. The molecule has 0 amide bonds. The number of carbonyl (C=O) groups is 1. The highest BCUT2D eigenvalue weighted by Crippen LogP contribution is 2.28. The topological polar surface area (TPSA) is 79.1 Å². The van der Waals surface area contributed by atoms with Gasteiger partial charge >= 0.3 is 5.97 Å². The Balaban J connectivity index is 2.71. The molecule has 4 N–H and O–H groups in total. The van der Waals surface area contributed by atoms with Crippen molar-refractivity contribution >= 4 is 34.2 Å². The molecule has 0 radical (unpaired) electrons. The molecule has 0 saturated heterocycles. The minimum absolute atomic E-state index is 0.0389. The van der Waals surface area contributed by atoms with E-state index in [1.165, 1.54) is 0 Å². The minimum atomic E-state index is -1.05. The van der Waals surface area contributed by atoms with Crippen LogP contribution in [0.1, 0.15) is 16.1 Å². The number of rotatable bonds is 3. The van der Waals surface area contributed by atoms with Gasteiger partial charge in [-0.15, -0.1) is 11.6 Å². The van der Waals surface area contributed by atoms with Crippen molar-refractivity contribution in [1.29, 1.82) is 0 Å². The summed E-state index contributed by atoms with van der Waals surface area (Å²) < 4.78 is 0. The molecule has 0 aliphatic heterocycles. The maximum Gasteiger partial charge on any atom is 0.354 e. The number of benzene rings is 1. The molecule has 2 aromatic rings. The van der Waals surface area contributed by atoms with Crippen molar-refractivity contribution in [3.05, 3.63) is 29.5 Å². The van der Waals surface area contributed by atoms with Crippen LogP contribution in [0.15, 0.2) is 18.2 Å². The summed E-state index contributed by atoms with van der Waals surface area (Å²) in [6.07, 6.45) is 0.667. The number of aromatic carboxylic acids is 1. The number of aromatic amines is 1. The number of nitrogens with one attached hydrogen (secondary N) is 1. The maximum atomic E-state index is 10.9. The number of carboxylic acids is 1. The molecule has 84 valence electrons. The van der Waals surface area contributed by atoms with Crippen LogP contribution < -0.4 is 5.73 Å². The quantitative estimate of drug-likeness (QED) is 0.718. The van der Waals surface area contributed by atoms with Crippen LogP contribution in [0.25, 0.3) is 10.9 Å². The fourth-order valence-corrected chi connectivity index (χ4v) is 2.03. The number of nitrogens with two attached hydrogens (primary N) is 1. The van der Waals surface area contributed by atoms with Crippen LogP contribution in [0.3, 0.4) is 0 Å². The zero-order chi connectivity index (χ0) is 11.7. The number of hydrogen-bond acceptors (Lipinski definition) is 2. The van der Waals surface area contributed by atoms with E-state index in [0.29, 0.717) is 12.3 Å². The molecule has 0 bridgehead atoms. The summed E-state index contributed by atoms with van der Waals surface area (Å²) >= 11 is 5.69. The van der Waals surface area contributed by atoms with Crippen molar-refractivity contribution in [2.45, 2.75) is 6.42 Å². The van der Waals surface area contributed by atoms with Crippen LogP contribution in [0.4, 0.5) is 5.69 Å². The van der Waals surface area contributed by atoms with Gasteiger partial charge in [-0.1, -0.05) is 12.1 Å². The second-order valence-electron chi connectivity index (χ2n) is 3.50. The Hall–Kier alpha value is -1.68. The second kappa shape index (κ2) is 4.06. The Morgan fingerprint density at radius 1 is 1.50 bits per heavy atom. The molecule has 1 aromatic heterocycles. The van der Waals surface area contributed by atoms with Gasteiger partial charge in [0.1, 0.15) is 5.69 Å². The normalized spacial score (nSPS) is 10.8. The first-order valence-electron chi connectivity index (χ1n) is 4.83. The van der Waals surface area contributed by atoms with Gasteiger partial charge in [0.25, 0.3) is 0 Å². The lowest BCUT2D eigenvalue weighted by Crippen LogP contribution is -2.01. The first-order valence-corrected chi connectivity index (χ1v) is 5.37. The van der Waals surface area contributed by atoms with Crippen molar-refractivity contribution in [3.8, 4) is 0 Å². The highest BCUT2D eigenvalue weighted by atomic mass is 35.5. The molecule has 1 aromatic carbocycles. The van der Waals surface area contributed by atoms with Gasteiger partial charge in [-0.3, -0.25) is 0 Å². The molecular weight excluding hydrogens is 228 g/mol. The molecule has 0 atom stereocenters. The zero-order valence-electron chi connectivity index (χ0n) is 8.46. The van der Waals surface area contributed by atoms with Crippen molar-refractivity contribution in [1.82, 2.24) is 4.98 Å². The van der Waals surface area contributed by atoms with E-state index < -0.39 is 5.97 Å². The number of hydrogen-bond donors (Lipinski definition) is 3. The van der Waals surface area contributed by atoms with E-state index in [-0.39, 0.29) is 11.4 Å². The molecule has 2 rings (SSSR count). The maximum absolute atomic E-state index is 10.9. The second-order valence-corrected chi connectivity index (χ2v) is 3.88. The SMILES string of the molecule is Nc1c(C(=O)O)[nH]c2cccc(CCCl)c12. The van der Waals surface area contributed by atoms with Crippen LogP contribution in [-0.2, 0) is 6.42 Å². The Morgan fingerprint density at radius 3 is 2.88 bits per heavy atom. The van der Waals surface area contributed by atoms with Crippen LogP contribution in [-0.4, -0.2) is 21.9 Å². The lowest BCUT2D eigenvalue weighted by atomic mass is 10.1. The monoisotopic (exact) mass is 238 g/mol. The number of aromatic nitrogens is 1. The molecule has 0 aliphatic rings. The summed E-state index contributed by atoms with van der Waals surface area (Å²) in [5.41, 5.74) is 7.84. The van der Waals surface area contributed by atoms with E-state index in [4.69, 9.17) is 22.4 Å². The summed E-state index contributed by atoms with van der Waals surface area (Å²) in [5, 5.41) is 9.71. The number of anilines is 1. The standard InChI is InChI=1S/C11H11ClN2O2/c12-5-4-6-2-1-3-7-8(6)9(13)10(14-7)11(15)16/h1-3,14H,4-5,13H2,(H,15,16). The average molecular weight is 239 g/mol. The van der Waals surface area contributed by atoms with Gasteiger partial charge in [0.2, 0.25) is 0 Å². The van der Waals surface area contributed by atoms with Crippen molar-refractivity contribution in [2.24, 2.45) is 0 Å². The van der Waals surface area contributed by atoms with Gasteiger partial charge in [-0.05, 0) is 18.1 Å². The van der Waals surface area contributed by atoms with Gasteiger partial charge < -0.3 is 15.8 Å². The Labute approximate surface area is 97.0 Å². The molecular formula is C11H11ClN2O2. The van der Waals surface area contributed by atoms with Gasteiger partial charge in [0.05, 0.1) is 5.69 Å². The van der Waals surface area contributed by atoms with E-state index >= 15 is 0 Å². The molecule has 0 aliphatic carbocycles. The van der Waals surface area contributed by atoms with E-state index in [1.807, 2.05) is 12.1 Å². The van der Waals surface area contributed by atoms with Gasteiger partial charge in [-0.2, -0.15) is 0 Å². The van der Waals surface area contributed by atoms with Crippen molar-refractivity contribution in [2.75, 3.05) is 11.6 Å². The van der Waals surface area contributed by atoms with E-state index in [9.17, 15) is 4.79 Å². The Kier molecular flexibility index (Phi) is 2.75. The minimum Gasteiger partial charge on any atom is -0.477 e. The van der Waals surface area contributed by atoms with Crippen LogP contribution in [0.2, 0.25) is 0 Å². The van der Waals surface area contributed by atoms with Crippen LogP contribution in [0.5, 0.6) is 0 Å². The number of halogens is 1. The fraction of sp³-hybridized carbons (Fsp3) is 0.182. The Bertz CT molecular complexity index is 548. The summed E-state index contributed by atoms with van der Waals surface area (Å²) in [6, 6.07) is 5.56. The largest absolute Gasteiger partial charge is 0.477 e. The van der Waals surface area contributed by atoms with E-state index in [2.05, 4.69) is 4.98 Å². The van der Waals surface area contributed by atoms with E-state index in [1.54, 1.807) is 6.07 Å². The van der Waals surface area contributed by atoms with Gasteiger partial charge in [-0.25, -0.2) is 4.79 Å². The number of carboxylic acid groups (broad SMARTS) is 1. The lowest BCUT2D eigenvalue weighted by molar-refractivity contribution is 0.0692. The highest BCUT2D eigenvalue weighted by molar-refractivity contribution is 6.18. The number of H-pyrrole nitrogens is 1. The number of fused-ring (bicyclic) bond motifs is 1. The van der Waals surface area contributed by atoms with Crippen molar-refractivity contribution in [3.63, 3.8) is 0 Å². The highest BCUT2D eigenvalue weighted by Gasteiger charge is 2.16. The first-order chi connectivity index (χ1) is 7.65. The predicted molar refractivity (Wildman–Crippen MR) is 64.1 cm³/mol. The predicted octanol–water partition coefficient (Wildman–Crippen LogP) is 2.23. The van der Waals surface area contributed by atoms with Gasteiger partial charge in [0, 0.05) is 16.8 Å². The van der Waals surface area contributed by atoms with Crippen molar-refractivity contribution < 1.29 is 9.90 Å². The summed E-state index contributed by atoms with van der Waals surface area (Å²) in [5.74, 6) is -0.572. The fourth-order valence-electron chi connectivity index (χ4n) is 1.83. The third kappa shape index (κ3) is 1.61. The molecule has 0 fully saturated rings. The number of nitrogen functional groups attached to an aromatic ring is 1. The first kappa shape index (κ1) is 10.8. The summed E-state index contributed by atoms with van der Waals surface area (Å²) in [4.78, 5) is 13.7. The summed E-state index contributed by atoms with van der Waals surface area (Å²) in [6.45, 7) is 0. The molecule has 0 unspecified atom stereocenters. The zero-order valence-corrected chi connectivity index (χ0v) is 9.21. The van der Waals surface area contributed by atoms with Gasteiger partial charge in [0.15, 0.2) is 0 Å². The summed E-state index contributed by atoms with van der Waals surface area (Å²) in [7, 11) is 0. The Morgan fingerprint density at radius 2 is 2.25 bits per heavy atom. The number of aryl methyl sites for hydroxylation is 1. The molecule has 16 heavy (non-hydrogen) atoms.